The van der Waals surface area contributed by atoms with Crippen LogP contribution in [0.5, 0.6) is 5.75 Å². The second-order valence-corrected chi connectivity index (χ2v) is 3.23. The summed E-state index contributed by atoms with van der Waals surface area (Å²) in [6, 6.07) is 4.71. The Morgan fingerprint density at radius 3 is 3.06 bits per heavy atom. The van der Waals surface area contributed by atoms with Gasteiger partial charge in [-0.1, -0.05) is 11.2 Å². The minimum absolute atomic E-state index is 0.00648. The molecule has 1 aliphatic rings. The third-order valence-electron chi connectivity index (χ3n) is 2.29. The van der Waals surface area contributed by atoms with Crippen molar-refractivity contribution in [1.29, 1.82) is 0 Å². The van der Waals surface area contributed by atoms with Crippen LogP contribution >= 0.6 is 0 Å². The number of nitro groups is 1. The number of rotatable bonds is 2. The summed E-state index contributed by atoms with van der Waals surface area (Å²) in [5.74, 6) is 0.483. The molecule has 1 aromatic rings. The molecule has 0 aromatic heterocycles. The van der Waals surface area contributed by atoms with Gasteiger partial charge in [0.2, 0.25) is 0 Å². The molecule has 6 heteroatoms. The van der Waals surface area contributed by atoms with Gasteiger partial charge >= 0.3 is 0 Å². The summed E-state index contributed by atoms with van der Waals surface area (Å²) < 4.78 is 5.35. The van der Waals surface area contributed by atoms with Crippen molar-refractivity contribution in [3.8, 4) is 5.75 Å². The molecule has 1 heterocycles. The Balaban J connectivity index is 2.60. The van der Waals surface area contributed by atoms with Crippen LogP contribution in [0.3, 0.4) is 0 Å². The number of fused-ring (bicyclic) bond motifs is 1. The van der Waals surface area contributed by atoms with Crippen LogP contribution in [0.1, 0.15) is 12.0 Å². The first kappa shape index (κ1) is 10.4. The zero-order valence-corrected chi connectivity index (χ0v) is 8.67. The number of benzene rings is 1. The number of hydrogen-bond donors (Lipinski definition) is 0. The van der Waals surface area contributed by atoms with Crippen LogP contribution in [-0.4, -0.2) is 24.4 Å². The minimum atomic E-state index is -0.446. The molecule has 0 spiro atoms. The Kier molecular flexibility index (Phi) is 2.72. The van der Waals surface area contributed by atoms with E-state index in [0.717, 1.165) is 0 Å². The third-order valence-corrected chi connectivity index (χ3v) is 2.29. The first-order chi connectivity index (χ1) is 7.74. The maximum Gasteiger partial charge on any atom is 0.282 e. The van der Waals surface area contributed by atoms with E-state index in [-0.39, 0.29) is 5.69 Å². The maximum absolute atomic E-state index is 10.9. The van der Waals surface area contributed by atoms with Gasteiger partial charge in [-0.15, -0.1) is 0 Å². The molecule has 0 radical (unpaired) electrons. The first-order valence-electron chi connectivity index (χ1n) is 4.74. The Hall–Kier alpha value is -2.11. The average Bonchev–Trinajstić information content (AvgIpc) is 2.29. The van der Waals surface area contributed by atoms with E-state index in [0.29, 0.717) is 30.1 Å². The molecule has 1 aromatic carbocycles. The van der Waals surface area contributed by atoms with Gasteiger partial charge in [0.1, 0.15) is 24.1 Å². The molecule has 0 saturated carbocycles. The summed E-state index contributed by atoms with van der Waals surface area (Å²) in [6.45, 7) is 0.455. The molecule has 1 aliphatic heterocycles. The highest BCUT2D eigenvalue weighted by atomic mass is 16.6. The fraction of sp³-hybridized carbons (Fsp3) is 0.300. The average molecular weight is 222 g/mol. The predicted octanol–water partition coefficient (Wildman–Crippen LogP) is 1.73. The second-order valence-electron chi connectivity index (χ2n) is 3.23. The van der Waals surface area contributed by atoms with Gasteiger partial charge in [-0.2, -0.15) is 0 Å². The molecule has 84 valence electrons. The molecular weight excluding hydrogens is 212 g/mol. The van der Waals surface area contributed by atoms with E-state index >= 15 is 0 Å². The van der Waals surface area contributed by atoms with Crippen LogP contribution in [-0.2, 0) is 4.84 Å². The van der Waals surface area contributed by atoms with Crippen molar-refractivity contribution < 1.29 is 14.5 Å². The second kappa shape index (κ2) is 4.18. The lowest BCUT2D eigenvalue weighted by molar-refractivity contribution is -0.385. The molecule has 0 fully saturated rings. The number of oxime groups is 1. The molecule has 2 rings (SSSR count). The van der Waals surface area contributed by atoms with Crippen molar-refractivity contribution in [3.63, 3.8) is 0 Å². The summed E-state index contributed by atoms with van der Waals surface area (Å²) in [7, 11) is 1.41. The van der Waals surface area contributed by atoms with E-state index < -0.39 is 4.92 Å². The monoisotopic (exact) mass is 222 g/mol. The van der Waals surface area contributed by atoms with Crippen LogP contribution in [0.15, 0.2) is 23.4 Å². The van der Waals surface area contributed by atoms with Crippen LogP contribution < -0.4 is 4.74 Å². The molecule has 0 unspecified atom stereocenters. The first-order valence-corrected chi connectivity index (χ1v) is 4.74. The SMILES string of the molecule is CO/N=C1/CCOc2cccc([N+](=O)[O-])c21. The van der Waals surface area contributed by atoms with Gasteiger partial charge in [0.05, 0.1) is 11.5 Å². The third kappa shape index (κ3) is 1.69. The van der Waals surface area contributed by atoms with Crippen molar-refractivity contribution in [2.45, 2.75) is 6.42 Å². The Morgan fingerprint density at radius 2 is 2.38 bits per heavy atom. The normalized spacial score (nSPS) is 16.4. The van der Waals surface area contributed by atoms with Crippen molar-refractivity contribution in [3.05, 3.63) is 33.9 Å². The van der Waals surface area contributed by atoms with Gasteiger partial charge in [0.15, 0.2) is 0 Å². The lowest BCUT2D eigenvalue weighted by atomic mass is 10.0. The standard InChI is InChI=1S/C10H10N2O4/c1-15-11-7-5-6-16-9-4-2-3-8(10(7)9)12(13)14/h2-4H,5-6H2,1H3/b11-7-. The van der Waals surface area contributed by atoms with E-state index in [4.69, 9.17) is 4.74 Å². The Labute approximate surface area is 91.6 Å². The molecule has 0 aliphatic carbocycles. The summed E-state index contributed by atoms with van der Waals surface area (Å²) in [4.78, 5) is 15.1. The van der Waals surface area contributed by atoms with Crippen molar-refractivity contribution in [2.24, 2.45) is 5.16 Å². The van der Waals surface area contributed by atoms with E-state index in [1.165, 1.54) is 13.2 Å². The van der Waals surface area contributed by atoms with Crippen molar-refractivity contribution in [2.75, 3.05) is 13.7 Å². The largest absolute Gasteiger partial charge is 0.492 e. The highest BCUT2D eigenvalue weighted by Gasteiger charge is 2.26. The van der Waals surface area contributed by atoms with Gasteiger partial charge in [-0.3, -0.25) is 10.1 Å². The lowest BCUT2D eigenvalue weighted by Gasteiger charge is -2.17. The lowest BCUT2D eigenvalue weighted by Crippen LogP contribution is -2.18. The molecule has 6 nitrogen and oxygen atoms in total. The van der Waals surface area contributed by atoms with E-state index in [1.54, 1.807) is 12.1 Å². The van der Waals surface area contributed by atoms with Gasteiger partial charge in [-0.05, 0) is 6.07 Å². The van der Waals surface area contributed by atoms with Crippen LogP contribution in [0.2, 0.25) is 0 Å². The number of nitro benzene ring substituents is 1. The topological polar surface area (TPSA) is 74.0 Å². The molecular formula is C10H10N2O4. The predicted molar refractivity (Wildman–Crippen MR) is 56.8 cm³/mol. The van der Waals surface area contributed by atoms with Gasteiger partial charge in [0, 0.05) is 12.5 Å². The van der Waals surface area contributed by atoms with Crippen molar-refractivity contribution >= 4 is 11.4 Å². The van der Waals surface area contributed by atoms with Crippen LogP contribution in [0.25, 0.3) is 0 Å². The summed E-state index contributed by atoms with van der Waals surface area (Å²) in [5.41, 5.74) is 0.963. The number of hydrogen-bond acceptors (Lipinski definition) is 5. The van der Waals surface area contributed by atoms with Gasteiger partial charge < -0.3 is 9.57 Å². The van der Waals surface area contributed by atoms with E-state index in [9.17, 15) is 10.1 Å². The van der Waals surface area contributed by atoms with Crippen molar-refractivity contribution in [1.82, 2.24) is 0 Å². The number of ether oxygens (including phenoxy) is 1. The fourth-order valence-electron chi connectivity index (χ4n) is 1.67. The maximum atomic E-state index is 10.9. The quantitative estimate of drug-likeness (QED) is 0.564. The summed E-state index contributed by atoms with van der Waals surface area (Å²) >= 11 is 0. The van der Waals surface area contributed by atoms with E-state index in [1.807, 2.05) is 0 Å². The Morgan fingerprint density at radius 1 is 1.56 bits per heavy atom. The summed E-state index contributed by atoms with van der Waals surface area (Å²) in [6.07, 6.45) is 0.506. The van der Waals surface area contributed by atoms with Crippen LogP contribution in [0, 0.1) is 10.1 Å². The fourth-order valence-corrected chi connectivity index (χ4v) is 1.67. The molecule has 0 saturated heterocycles. The Bertz CT molecular complexity index is 456. The highest BCUT2D eigenvalue weighted by molar-refractivity contribution is 6.06. The highest BCUT2D eigenvalue weighted by Crippen LogP contribution is 2.32. The number of nitrogens with zero attached hydrogens (tertiary/aromatic N) is 2. The molecule has 0 atom stereocenters. The smallest absolute Gasteiger partial charge is 0.282 e. The molecule has 16 heavy (non-hydrogen) atoms. The zero-order valence-electron chi connectivity index (χ0n) is 8.67. The minimum Gasteiger partial charge on any atom is -0.492 e. The zero-order chi connectivity index (χ0) is 11.5. The molecule has 0 amide bonds. The molecule has 0 bridgehead atoms. The summed E-state index contributed by atoms with van der Waals surface area (Å²) in [5, 5.41) is 14.7. The van der Waals surface area contributed by atoms with E-state index in [2.05, 4.69) is 9.99 Å². The van der Waals surface area contributed by atoms with Gasteiger partial charge in [0.25, 0.3) is 5.69 Å². The van der Waals surface area contributed by atoms with Gasteiger partial charge in [-0.25, -0.2) is 0 Å². The molecule has 0 N–H and O–H groups in total. The van der Waals surface area contributed by atoms with Crippen LogP contribution in [0.4, 0.5) is 5.69 Å².